The van der Waals surface area contributed by atoms with Gasteiger partial charge in [-0.15, -0.1) is 0 Å². The summed E-state index contributed by atoms with van der Waals surface area (Å²) in [5.74, 6) is 1.37. The van der Waals surface area contributed by atoms with E-state index in [2.05, 4.69) is 52.4 Å². The minimum atomic E-state index is -0.243. The third-order valence-corrected chi connectivity index (χ3v) is 7.84. The lowest BCUT2D eigenvalue weighted by Gasteiger charge is -2.36. The van der Waals surface area contributed by atoms with Crippen LogP contribution in [-0.2, 0) is 6.61 Å². The van der Waals surface area contributed by atoms with E-state index in [4.69, 9.17) is 9.47 Å². The first-order chi connectivity index (χ1) is 18.6. The molecule has 38 heavy (non-hydrogen) atoms. The number of H-pyrrole nitrogens is 1. The molecule has 3 aromatic carbocycles. The van der Waals surface area contributed by atoms with Crippen LogP contribution in [0.25, 0.3) is 11.3 Å². The Morgan fingerprint density at radius 1 is 0.947 bits per heavy atom. The van der Waals surface area contributed by atoms with Crippen molar-refractivity contribution in [3.05, 3.63) is 101 Å². The van der Waals surface area contributed by atoms with Crippen LogP contribution in [0, 0.1) is 6.92 Å². The maximum Gasteiger partial charge on any atom is 0.273 e. The summed E-state index contributed by atoms with van der Waals surface area (Å²) in [5, 5.41) is 7.74. The van der Waals surface area contributed by atoms with Crippen LogP contribution in [0.5, 0.6) is 11.5 Å². The number of nitrogens with one attached hydrogen (secondary N) is 1. The molecule has 1 unspecified atom stereocenters. The molecule has 1 saturated carbocycles. The van der Waals surface area contributed by atoms with Gasteiger partial charge in [0.2, 0.25) is 0 Å². The monoisotopic (exact) mass is 507 g/mol. The Hall–Kier alpha value is -4.06. The molecule has 1 fully saturated rings. The van der Waals surface area contributed by atoms with Crippen molar-refractivity contribution in [3.8, 4) is 22.8 Å². The third-order valence-electron chi connectivity index (χ3n) is 7.84. The number of aryl methyl sites for hydroxylation is 1. The smallest absolute Gasteiger partial charge is 0.273 e. The molecule has 1 N–H and O–H groups in total. The highest BCUT2D eigenvalue weighted by Gasteiger charge is 2.45. The van der Waals surface area contributed by atoms with Crippen LogP contribution in [-0.4, -0.2) is 34.2 Å². The number of aromatic nitrogens is 2. The van der Waals surface area contributed by atoms with E-state index in [-0.39, 0.29) is 18.0 Å². The van der Waals surface area contributed by atoms with E-state index in [0.717, 1.165) is 53.6 Å². The van der Waals surface area contributed by atoms with E-state index in [1.807, 2.05) is 42.5 Å². The number of aromatic amines is 1. The molecule has 1 aliphatic carbocycles. The predicted octanol–water partition coefficient (Wildman–Crippen LogP) is 6.85. The molecule has 1 atom stereocenters. The second-order valence-electron chi connectivity index (χ2n) is 10.3. The zero-order chi connectivity index (χ0) is 26.1. The second kappa shape index (κ2) is 10.4. The lowest BCUT2D eigenvalue weighted by molar-refractivity contribution is 0.0606. The summed E-state index contributed by atoms with van der Waals surface area (Å²) in [5.41, 5.74) is 6.67. The number of nitrogens with zero attached hydrogens (tertiary/aromatic N) is 2. The van der Waals surface area contributed by atoms with Crippen LogP contribution < -0.4 is 9.47 Å². The van der Waals surface area contributed by atoms with E-state index in [0.29, 0.717) is 23.8 Å². The van der Waals surface area contributed by atoms with Crippen LogP contribution in [0.1, 0.15) is 70.9 Å². The summed E-state index contributed by atoms with van der Waals surface area (Å²) in [7, 11) is 1.66. The van der Waals surface area contributed by atoms with Crippen molar-refractivity contribution in [3.63, 3.8) is 0 Å². The number of fused-ring (bicyclic) bond motifs is 1. The average Bonchev–Trinajstić information content (AvgIpc) is 3.52. The van der Waals surface area contributed by atoms with Gasteiger partial charge in [-0.05, 0) is 43.0 Å². The van der Waals surface area contributed by atoms with Gasteiger partial charge in [0, 0.05) is 17.2 Å². The maximum atomic E-state index is 13.9. The predicted molar refractivity (Wildman–Crippen MR) is 147 cm³/mol. The van der Waals surface area contributed by atoms with Crippen LogP contribution >= 0.6 is 0 Å². The van der Waals surface area contributed by atoms with Crippen molar-refractivity contribution >= 4 is 5.91 Å². The van der Waals surface area contributed by atoms with E-state index >= 15 is 0 Å². The lowest BCUT2D eigenvalue weighted by atomic mass is 9.90. The van der Waals surface area contributed by atoms with Gasteiger partial charge in [-0.3, -0.25) is 9.89 Å². The molecule has 4 aromatic rings. The fourth-order valence-corrected chi connectivity index (χ4v) is 5.87. The molecule has 6 heteroatoms. The Kier molecular flexibility index (Phi) is 6.62. The highest BCUT2D eigenvalue weighted by atomic mass is 16.5. The molecule has 0 spiro atoms. The standard InChI is InChI=1S/C32H33N3O3/c1-21-13-15-23(16-14-21)29-28-30(34-33-29)32(36)35(25-11-7-4-8-12-25)31(28)24-17-18-26(27(19-24)37-2)38-20-22-9-5-3-6-10-22/h3,5-6,9-10,13-19,25,31H,4,7-8,11-12,20H2,1-2H3,(H,33,34). The van der Waals surface area contributed by atoms with Crippen molar-refractivity contribution in [2.45, 2.75) is 57.7 Å². The maximum absolute atomic E-state index is 13.9. The third kappa shape index (κ3) is 4.44. The first-order valence-electron chi connectivity index (χ1n) is 13.5. The van der Waals surface area contributed by atoms with E-state index in [9.17, 15) is 4.79 Å². The van der Waals surface area contributed by atoms with Gasteiger partial charge in [0.05, 0.1) is 18.8 Å². The van der Waals surface area contributed by atoms with Gasteiger partial charge in [0.15, 0.2) is 11.5 Å². The number of carbonyl (C=O) groups excluding carboxylic acids is 1. The normalized spacial score (nSPS) is 17.5. The van der Waals surface area contributed by atoms with Gasteiger partial charge in [0.25, 0.3) is 5.91 Å². The summed E-state index contributed by atoms with van der Waals surface area (Å²) in [6, 6.07) is 24.4. The summed E-state index contributed by atoms with van der Waals surface area (Å²) in [6.07, 6.45) is 5.57. The number of hydrogen-bond donors (Lipinski definition) is 1. The van der Waals surface area contributed by atoms with Crippen molar-refractivity contribution in [1.82, 2.24) is 15.1 Å². The number of carbonyl (C=O) groups is 1. The molecule has 1 amide bonds. The summed E-state index contributed by atoms with van der Waals surface area (Å²) < 4.78 is 11.9. The van der Waals surface area contributed by atoms with Crippen LogP contribution in [0.4, 0.5) is 0 Å². The number of hydrogen-bond acceptors (Lipinski definition) is 4. The zero-order valence-electron chi connectivity index (χ0n) is 21.9. The molecule has 0 bridgehead atoms. The Morgan fingerprint density at radius 3 is 2.45 bits per heavy atom. The van der Waals surface area contributed by atoms with Gasteiger partial charge in [-0.25, -0.2) is 0 Å². The molecular formula is C32H33N3O3. The van der Waals surface area contributed by atoms with E-state index in [1.54, 1.807) is 7.11 Å². The minimum absolute atomic E-state index is 0.0335. The fraction of sp³-hybridized carbons (Fsp3) is 0.312. The zero-order valence-corrected chi connectivity index (χ0v) is 21.9. The van der Waals surface area contributed by atoms with Crippen molar-refractivity contribution in [1.29, 1.82) is 0 Å². The average molecular weight is 508 g/mol. The number of benzene rings is 3. The van der Waals surface area contributed by atoms with Crippen molar-refractivity contribution in [2.75, 3.05) is 7.11 Å². The number of amides is 1. The molecule has 2 heterocycles. The molecule has 0 radical (unpaired) electrons. The van der Waals surface area contributed by atoms with Crippen LogP contribution in [0.2, 0.25) is 0 Å². The van der Waals surface area contributed by atoms with Crippen molar-refractivity contribution < 1.29 is 14.3 Å². The van der Waals surface area contributed by atoms with Crippen molar-refractivity contribution in [2.24, 2.45) is 0 Å². The molecule has 1 aliphatic heterocycles. The lowest BCUT2D eigenvalue weighted by Crippen LogP contribution is -2.40. The minimum Gasteiger partial charge on any atom is -0.493 e. The molecule has 194 valence electrons. The number of ether oxygens (including phenoxy) is 2. The Bertz CT molecular complexity index is 1420. The first kappa shape index (κ1) is 24.3. The van der Waals surface area contributed by atoms with Gasteiger partial charge in [-0.2, -0.15) is 5.10 Å². The Labute approximate surface area is 223 Å². The number of methoxy groups -OCH3 is 1. The van der Waals surface area contributed by atoms with E-state index in [1.165, 1.54) is 12.0 Å². The van der Waals surface area contributed by atoms with Gasteiger partial charge >= 0.3 is 0 Å². The molecular weight excluding hydrogens is 474 g/mol. The molecule has 2 aliphatic rings. The van der Waals surface area contributed by atoms with Gasteiger partial charge in [-0.1, -0.05) is 85.5 Å². The Balaban J connectivity index is 1.40. The fourth-order valence-electron chi connectivity index (χ4n) is 5.87. The first-order valence-corrected chi connectivity index (χ1v) is 13.5. The van der Waals surface area contributed by atoms with Crippen LogP contribution in [0.3, 0.4) is 0 Å². The quantitative estimate of drug-likeness (QED) is 0.297. The summed E-state index contributed by atoms with van der Waals surface area (Å²) in [4.78, 5) is 16.0. The summed E-state index contributed by atoms with van der Waals surface area (Å²) in [6.45, 7) is 2.53. The number of rotatable bonds is 7. The van der Waals surface area contributed by atoms with Gasteiger partial charge in [0.1, 0.15) is 12.3 Å². The largest absolute Gasteiger partial charge is 0.493 e. The topological polar surface area (TPSA) is 67.5 Å². The highest BCUT2D eigenvalue weighted by Crippen LogP contribution is 2.47. The molecule has 6 nitrogen and oxygen atoms in total. The molecule has 0 saturated heterocycles. The van der Waals surface area contributed by atoms with Crippen LogP contribution in [0.15, 0.2) is 72.8 Å². The SMILES string of the molecule is COc1cc(C2c3c(-c4ccc(C)cc4)n[nH]c3C(=O)N2C2CCCCC2)ccc1OCc1ccccc1. The summed E-state index contributed by atoms with van der Waals surface area (Å²) >= 11 is 0. The van der Waals surface area contributed by atoms with E-state index < -0.39 is 0 Å². The highest BCUT2D eigenvalue weighted by molar-refractivity contribution is 6.00. The molecule has 6 rings (SSSR count). The Morgan fingerprint density at radius 2 is 1.71 bits per heavy atom. The van der Waals surface area contributed by atoms with Gasteiger partial charge < -0.3 is 14.4 Å². The molecule has 1 aromatic heterocycles. The second-order valence-corrected chi connectivity index (χ2v) is 10.3.